The molecule has 2 rings (SSSR count). The van der Waals surface area contributed by atoms with Crippen LogP contribution in [0.25, 0.3) is 0 Å². The molecular weight excluding hydrogens is 338 g/mol. The minimum absolute atomic E-state index is 0.0188. The van der Waals surface area contributed by atoms with E-state index in [9.17, 15) is 9.59 Å². The zero-order valence-electron chi connectivity index (χ0n) is 14.5. The summed E-state index contributed by atoms with van der Waals surface area (Å²) in [6, 6.07) is 10.6. The second-order valence-electron chi connectivity index (χ2n) is 5.90. The van der Waals surface area contributed by atoms with E-state index in [4.69, 9.17) is 4.74 Å². The molecule has 6 nitrogen and oxygen atoms in total. The maximum absolute atomic E-state index is 12.3. The van der Waals surface area contributed by atoms with E-state index in [1.54, 1.807) is 35.6 Å². The monoisotopic (exact) mass is 361 g/mol. The Bertz CT molecular complexity index is 701. The lowest BCUT2D eigenvalue weighted by Crippen LogP contribution is -2.34. The van der Waals surface area contributed by atoms with Crippen LogP contribution in [0.2, 0.25) is 0 Å². The molecule has 0 aliphatic heterocycles. The summed E-state index contributed by atoms with van der Waals surface area (Å²) in [6.07, 6.45) is 0. The number of carbonyl (C=O) groups is 2. The van der Waals surface area contributed by atoms with Gasteiger partial charge in [-0.2, -0.15) is 0 Å². The van der Waals surface area contributed by atoms with Crippen molar-refractivity contribution >= 4 is 34.6 Å². The van der Waals surface area contributed by atoms with E-state index in [0.29, 0.717) is 11.4 Å². The largest absolute Gasteiger partial charge is 0.375 e. The van der Waals surface area contributed by atoms with Crippen LogP contribution in [0, 0.1) is 5.92 Å². The first-order chi connectivity index (χ1) is 12.0. The number of thiophene rings is 1. The van der Waals surface area contributed by atoms with E-state index >= 15 is 0 Å². The minimum atomic E-state index is -0.285. The third kappa shape index (κ3) is 5.88. The summed E-state index contributed by atoms with van der Waals surface area (Å²) >= 11 is 1.62. The molecule has 0 aliphatic rings. The molecule has 2 aromatic rings. The van der Waals surface area contributed by atoms with Gasteiger partial charge in [-0.1, -0.05) is 26.0 Å². The van der Waals surface area contributed by atoms with Crippen molar-refractivity contribution in [3.05, 3.63) is 46.7 Å². The summed E-state index contributed by atoms with van der Waals surface area (Å²) in [6.45, 7) is 4.11. The first-order valence-electron chi connectivity index (χ1n) is 7.99. The molecule has 0 fully saturated rings. The molecule has 7 heteroatoms. The maximum Gasteiger partial charge on any atom is 0.319 e. The summed E-state index contributed by atoms with van der Waals surface area (Å²) in [4.78, 5) is 25.0. The van der Waals surface area contributed by atoms with Crippen molar-refractivity contribution in [3.63, 3.8) is 0 Å². The third-order valence-corrected chi connectivity index (χ3v) is 4.44. The number of hydrogen-bond donors (Lipinski definition) is 3. The topological polar surface area (TPSA) is 79.5 Å². The van der Waals surface area contributed by atoms with Crippen molar-refractivity contribution in [2.24, 2.45) is 5.92 Å². The minimum Gasteiger partial charge on any atom is -0.375 e. The van der Waals surface area contributed by atoms with E-state index in [0.717, 1.165) is 4.88 Å². The van der Waals surface area contributed by atoms with Crippen LogP contribution in [-0.4, -0.2) is 25.7 Å². The predicted molar refractivity (Wildman–Crippen MR) is 101 cm³/mol. The Balaban J connectivity index is 1.99. The van der Waals surface area contributed by atoms with Crippen LogP contribution in [0.4, 0.5) is 16.2 Å². The molecule has 3 amide bonds. The maximum atomic E-state index is 12.3. The van der Waals surface area contributed by atoms with Crippen molar-refractivity contribution in [1.29, 1.82) is 0 Å². The second-order valence-corrected chi connectivity index (χ2v) is 6.88. The molecule has 0 spiro atoms. The number of amides is 3. The third-order valence-electron chi connectivity index (χ3n) is 3.48. The van der Waals surface area contributed by atoms with Crippen LogP contribution in [0.5, 0.6) is 0 Å². The molecule has 0 radical (unpaired) electrons. The predicted octanol–water partition coefficient (Wildman–Crippen LogP) is 3.85. The quantitative estimate of drug-likeness (QED) is 0.701. The van der Waals surface area contributed by atoms with Crippen molar-refractivity contribution < 1.29 is 14.3 Å². The first-order valence-corrected chi connectivity index (χ1v) is 8.87. The van der Waals surface area contributed by atoms with Crippen molar-refractivity contribution in [2.75, 3.05) is 24.4 Å². The van der Waals surface area contributed by atoms with Crippen LogP contribution in [0.1, 0.15) is 24.8 Å². The van der Waals surface area contributed by atoms with E-state index in [1.165, 1.54) is 7.11 Å². The van der Waals surface area contributed by atoms with Gasteiger partial charge in [-0.05, 0) is 35.6 Å². The molecule has 1 aromatic carbocycles. The van der Waals surface area contributed by atoms with Crippen LogP contribution < -0.4 is 16.0 Å². The van der Waals surface area contributed by atoms with Crippen LogP contribution in [0.15, 0.2) is 41.8 Å². The van der Waals surface area contributed by atoms with Crippen LogP contribution in [0.3, 0.4) is 0 Å². The van der Waals surface area contributed by atoms with E-state index in [2.05, 4.69) is 29.8 Å². The lowest BCUT2D eigenvalue weighted by molar-refractivity contribution is -0.119. The highest BCUT2D eigenvalue weighted by molar-refractivity contribution is 7.10. The number of ether oxygens (including phenoxy) is 1. The Kier molecular flexibility index (Phi) is 6.97. The van der Waals surface area contributed by atoms with Gasteiger partial charge in [-0.3, -0.25) is 4.79 Å². The summed E-state index contributed by atoms with van der Waals surface area (Å²) in [5, 5.41) is 10.5. The number of benzene rings is 1. The zero-order chi connectivity index (χ0) is 18.2. The summed E-state index contributed by atoms with van der Waals surface area (Å²) in [7, 11) is 1.46. The highest BCUT2D eigenvalue weighted by Gasteiger charge is 2.19. The fourth-order valence-corrected chi connectivity index (χ4v) is 3.29. The average Bonchev–Trinajstić information content (AvgIpc) is 3.07. The molecule has 0 saturated carbocycles. The van der Waals surface area contributed by atoms with Gasteiger partial charge in [-0.25, -0.2) is 4.79 Å². The molecule has 0 unspecified atom stereocenters. The number of carbonyl (C=O) groups excluding carboxylic acids is 2. The molecule has 0 saturated heterocycles. The standard InChI is InChI=1S/C18H23N3O3S/c1-12(2)17(15-8-5-9-25-15)21-18(23)20-14-7-4-6-13(10-14)19-16(22)11-24-3/h4-10,12,17H,11H2,1-3H3,(H,19,22)(H2,20,21,23)/t17-/m1/s1. The Morgan fingerprint density at radius 3 is 2.44 bits per heavy atom. The van der Waals surface area contributed by atoms with Crippen molar-refractivity contribution in [2.45, 2.75) is 19.9 Å². The summed E-state index contributed by atoms with van der Waals surface area (Å²) in [5.41, 5.74) is 1.19. The van der Waals surface area contributed by atoms with E-state index < -0.39 is 0 Å². The molecule has 1 heterocycles. The SMILES string of the molecule is COCC(=O)Nc1cccc(NC(=O)N[C@@H](c2cccs2)C(C)C)c1. The Morgan fingerprint density at radius 1 is 1.12 bits per heavy atom. The number of urea groups is 1. The fourth-order valence-electron chi connectivity index (χ4n) is 2.35. The van der Waals surface area contributed by atoms with Gasteiger partial charge in [0, 0.05) is 23.4 Å². The number of nitrogens with one attached hydrogen (secondary N) is 3. The molecular formula is C18H23N3O3S. The van der Waals surface area contributed by atoms with Crippen molar-refractivity contribution in [3.8, 4) is 0 Å². The van der Waals surface area contributed by atoms with E-state index in [-0.39, 0.29) is 30.5 Å². The average molecular weight is 361 g/mol. The number of hydrogen-bond acceptors (Lipinski definition) is 4. The molecule has 134 valence electrons. The molecule has 1 aromatic heterocycles. The van der Waals surface area contributed by atoms with Gasteiger partial charge in [0.15, 0.2) is 0 Å². The summed E-state index contributed by atoms with van der Waals surface area (Å²) < 4.78 is 4.78. The zero-order valence-corrected chi connectivity index (χ0v) is 15.4. The van der Waals surface area contributed by atoms with Gasteiger partial charge in [0.1, 0.15) is 6.61 Å². The Morgan fingerprint density at radius 2 is 1.84 bits per heavy atom. The molecule has 3 N–H and O–H groups in total. The lowest BCUT2D eigenvalue weighted by atomic mass is 10.0. The number of anilines is 2. The van der Waals surface area contributed by atoms with Gasteiger partial charge in [0.05, 0.1) is 6.04 Å². The van der Waals surface area contributed by atoms with Gasteiger partial charge in [-0.15, -0.1) is 11.3 Å². The first kappa shape index (κ1) is 19.0. The van der Waals surface area contributed by atoms with Gasteiger partial charge in [0.2, 0.25) is 5.91 Å². The summed E-state index contributed by atoms with van der Waals surface area (Å²) in [5.74, 6) is 0.0192. The highest BCUT2D eigenvalue weighted by atomic mass is 32.1. The van der Waals surface area contributed by atoms with Gasteiger partial charge >= 0.3 is 6.03 Å². The van der Waals surface area contributed by atoms with Crippen molar-refractivity contribution in [1.82, 2.24) is 5.32 Å². The van der Waals surface area contributed by atoms with E-state index in [1.807, 2.05) is 17.5 Å². The smallest absolute Gasteiger partial charge is 0.319 e. The molecule has 25 heavy (non-hydrogen) atoms. The van der Waals surface area contributed by atoms with Crippen LogP contribution >= 0.6 is 11.3 Å². The lowest BCUT2D eigenvalue weighted by Gasteiger charge is -2.21. The second kappa shape index (κ2) is 9.19. The molecule has 0 bridgehead atoms. The molecule has 0 aliphatic carbocycles. The Hall–Kier alpha value is -2.38. The normalized spacial score (nSPS) is 11.8. The number of methoxy groups -OCH3 is 1. The number of rotatable bonds is 7. The van der Waals surface area contributed by atoms with Crippen LogP contribution in [-0.2, 0) is 9.53 Å². The molecule has 1 atom stereocenters. The Labute approximate surface area is 151 Å². The van der Waals surface area contributed by atoms with Gasteiger partial charge < -0.3 is 20.7 Å². The van der Waals surface area contributed by atoms with Gasteiger partial charge in [0.25, 0.3) is 0 Å². The fraction of sp³-hybridized carbons (Fsp3) is 0.333. The highest BCUT2D eigenvalue weighted by Crippen LogP contribution is 2.26.